The minimum atomic E-state index is -1.19. The number of carbonyl (C=O) groups excluding carboxylic acids is 1. The van der Waals surface area contributed by atoms with Crippen LogP contribution in [-0.4, -0.2) is 59.8 Å². The third-order valence-electron chi connectivity index (χ3n) is 9.38. The maximum atomic E-state index is 13.9. The molecule has 6 rings (SSSR count). The van der Waals surface area contributed by atoms with Crippen LogP contribution in [0.25, 0.3) is 22.4 Å². The summed E-state index contributed by atoms with van der Waals surface area (Å²) >= 11 is 0. The first-order valence-corrected chi connectivity index (χ1v) is 18.3. The summed E-state index contributed by atoms with van der Waals surface area (Å²) in [5.74, 6) is 1.90. The fourth-order valence-electron chi connectivity index (χ4n) is 6.70. The molecule has 3 atom stereocenters. The normalized spacial score (nSPS) is 23.9. The number of benzene rings is 1. The molecule has 1 N–H and O–H groups in total. The lowest BCUT2D eigenvalue weighted by molar-refractivity contribution is 0.0818. The molecule has 39 heavy (non-hydrogen) atoms. The Kier molecular flexibility index (Phi) is 6.92. The van der Waals surface area contributed by atoms with Crippen molar-refractivity contribution < 1.29 is 14.6 Å². The highest BCUT2D eigenvalue weighted by Gasteiger charge is 2.55. The minimum Gasteiger partial charge on any atom is -0.396 e. The van der Waals surface area contributed by atoms with E-state index in [4.69, 9.17) is 14.7 Å². The predicted molar refractivity (Wildman–Crippen MR) is 158 cm³/mol. The molecule has 208 valence electrons. The number of ether oxygens (including phenoxy) is 1. The van der Waals surface area contributed by atoms with Gasteiger partial charge in [0.25, 0.3) is 0 Å². The van der Waals surface area contributed by atoms with Gasteiger partial charge in [0.05, 0.1) is 17.5 Å². The molecular weight excluding hydrogens is 504 g/mol. The minimum absolute atomic E-state index is 0.181. The van der Waals surface area contributed by atoms with Crippen molar-refractivity contribution in [2.45, 2.75) is 65.0 Å². The van der Waals surface area contributed by atoms with Crippen molar-refractivity contribution >= 4 is 30.7 Å². The molecule has 3 aliphatic rings. The van der Waals surface area contributed by atoms with Crippen molar-refractivity contribution in [3.05, 3.63) is 42.2 Å². The first-order chi connectivity index (χ1) is 18.7. The van der Waals surface area contributed by atoms with Crippen molar-refractivity contribution in [1.29, 1.82) is 0 Å². The number of rotatable bonds is 10. The number of aliphatic hydroxyl groups is 1. The maximum absolute atomic E-state index is 13.9. The van der Waals surface area contributed by atoms with Gasteiger partial charge in [-0.2, -0.15) is 0 Å². The van der Waals surface area contributed by atoms with E-state index >= 15 is 0 Å². The van der Waals surface area contributed by atoms with Crippen LogP contribution >= 0.6 is 0 Å². The van der Waals surface area contributed by atoms with E-state index in [-0.39, 0.29) is 11.2 Å². The molecule has 0 amide bonds. The molecule has 0 spiro atoms. The van der Waals surface area contributed by atoms with Gasteiger partial charge in [0, 0.05) is 57.2 Å². The number of nitrogens with zero attached hydrogens (tertiary/aromatic N) is 4. The van der Waals surface area contributed by atoms with E-state index < -0.39 is 8.07 Å². The van der Waals surface area contributed by atoms with Crippen LogP contribution in [0.3, 0.4) is 0 Å². The van der Waals surface area contributed by atoms with Crippen molar-refractivity contribution in [1.82, 2.24) is 14.5 Å². The van der Waals surface area contributed by atoms with Gasteiger partial charge < -0.3 is 19.3 Å². The predicted octanol–water partition coefficient (Wildman–Crippen LogP) is 5.85. The zero-order valence-electron chi connectivity index (χ0n) is 23.8. The molecule has 0 bridgehead atoms. The molecule has 8 heteroatoms. The lowest BCUT2D eigenvalue weighted by Gasteiger charge is -2.22. The summed E-state index contributed by atoms with van der Waals surface area (Å²) in [6.45, 7) is 12.6. The number of ketones is 1. The SMILES string of the molecule is CC1(C(=O)c2cn(COCC[Si](C)(C)C)c3ncc(-c4cccc(N5C[C@@H]6[C@@H](CO)[C@@H]6C5)c4)nc23)CCCC1. The molecule has 3 fully saturated rings. The van der Waals surface area contributed by atoms with Gasteiger partial charge in [-0.05, 0) is 48.8 Å². The summed E-state index contributed by atoms with van der Waals surface area (Å²) in [5.41, 5.74) is 4.69. The van der Waals surface area contributed by atoms with E-state index in [0.29, 0.717) is 54.4 Å². The largest absolute Gasteiger partial charge is 0.396 e. The van der Waals surface area contributed by atoms with Crippen LogP contribution in [0.5, 0.6) is 0 Å². The molecule has 1 aliphatic heterocycles. The van der Waals surface area contributed by atoms with Crippen molar-refractivity contribution in [3.63, 3.8) is 0 Å². The van der Waals surface area contributed by atoms with E-state index in [9.17, 15) is 9.90 Å². The molecular formula is C31H42N4O3Si. The Bertz CT molecular complexity index is 1360. The second-order valence-corrected chi connectivity index (χ2v) is 19.1. The number of piperidine rings is 1. The Morgan fingerprint density at radius 3 is 2.62 bits per heavy atom. The fourth-order valence-corrected chi connectivity index (χ4v) is 7.45. The second-order valence-electron chi connectivity index (χ2n) is 13.5. The highest BCUT2D eigenvalue weighted by molar-refractivity contribution is 6.76. The average Bonchev–Trinajstić information content (AvgIpc) is 3.31. The van der Waals surface area contributed by atoms with E-state index in [1.807, 2.05) is 17.0 Å². The van der Waals surface area contributed by atoms with E-state index in [1.165, 1.54) is 5.69 Å². The van der Waals surface area contributed by atoms with Crippen LogP contribution in [0.4, 0.5) is 5.69 Å². The molecule has 0 unspecified atom stereocenters. The highest BCUT2D eigenvalue weighted by atomic mass is 28.3. The van der Waals surface area contributed by atoms with Crippen LogP contribution in [0.15, 0.2) is 36.7 Å². The van der Waals surface area contributed by atoms with Gasteiger partial charge in [-0.1, -0.05) is 51.5 Å². The fraction of sp³-hybridized carbons (Fsp3) is 0.581. The molecule has 7 nitrogen and oxygen atoms in total. The van der Waals surface area contributed by atoms with Crippen LogP contribution in [0.1, 0.15) is 43.0 Å². The Hall–Kier alpha value is -2.55. The number of Topliss-reactive ketones (excluding diaryl/α,β-unsaturated/α-hetero) is 1. The Morgan fingerprint density at radius 2 is 1.92 bits per heavy atom. The number of anilines is 1. The van der Waals surface area contributed by atoms with Crippen LogP contribution in [0.2, 0.25) is 25.7 Å². The molecule has 2 aromatic heterocycles. The number of carbonyl (C=O) groups is 1. The zero-order valence-corrected chi connectivity index (χ0v) is 24.8. The van der Waals surface area contributed by atoms with E-state index in [1.54, 1.807) is 0 Å². The van der Waals surface area contributed by atoms with Gasteiger partial charge in [0.1, 0.15) is 12.2 Å². The van der Waals surface area contributed by atoms with E-state index in [0.717, 1.165) is 56.1 Å². The van der Waals surface area contributed by atoms with E-state index in [2.05, 4.69) is 55.7 Å². The standard InChI is InChI=1S/C31H42N4O3Si/c1-31(10-5-6-11-31)29(37)25-18-35(20-38-12-13-39(2,3)4)30-28(25)33-27(15-32-30)21-8-7-9-22(14-21)34-16-23-24(17-34)26(23)19-36/h7-9,14-15,18,23-24,26,36H,5-6,10-13,16-17,19-20H2,1-4H3/t23-,24+,26+. The van der Waals surface area contributed by atoms with Gasteiger partial charge in [0.15, 0.2) is 11.4 Å². The highest BCUT2D eigenvalue weighted by Crippen LogP contribution is 2.52. The summed E-state index contributed by atoms with van der Waals surface area (Å²) < 4.78 is 8.03. The van der Waals surface area contributed by atoms with Gasteiger partial charge >= 0.3 is 0 Å². The lowest BCUT2D eigenvalue weighted by atomic mass is 9.81. The van der Waals surface area contributed by atoms with Gasteiger partial charge in [-0.15, -0.1) is 0 Å². The van der Waals surface area contributed by atoms with Gasteiger partial charge in [0.2, 0.25) is 0 Å². The van der Waals surface area contributed by atoms with Crippen molar-refractivity contribution in [2.24, 2.45) is 23.2 Å². The molecule has 1 aromatic carbocycles. The summed E-state index contributed by atoms with van der Waals surface area (Å²) in [4.78, 5) is 26.2. The first kappa shape index (κ1) is 26.7. The molecule has 2 saturated carbocycles. The van der Waals surface area contributed by atoms with Crippen LogP contribution in [-0.2, 0) is 11.5 Å². The Morgan fingerprint density at radius 1 is 1.18 bits per heavy atom. The molecule has 0 radical (unpaired) electrons. The molecule has 3 heterocycles. The van der Waals surface area contributed by atoms with Gasteiger partial charge in [-0.3, -0.25) is 4.79 Å². The smallest absolute Gasteiger partial charge is 0.172 e. The Balaban J connectivity index is 1.30. The molecule has 3 aromatic rings. The number of aromatic nitrogens is 3. The summed E-state index contributed by atoms with van der Waals surface area (Å²) in [6.07, 6.45) is 7.81. The number of aliphatic hydroxyl groups excluding tert-OH is 1. The number of hydrogen-bond acceptors (Lipinski definition) is 6. The number of fused-ring (bicyclic) bond motifs is 2. The average molecular weight is 547 g/mol. The Labute approximate surface area is 232 Å². The summed E-state index contributed by atoms with van der Waals surface area (Å²) in [6, 6.07) is 9.58. The summed E-state index contributed by atoms with van der Waals surface area (Å²) in [5, 5.41) is 9.52. The second kappa shape index (κ2) is 10.1. The molecule has 1 saturated heterocycles. The quantitative estimate of drug-likeness (QED) is 0.195. The first-order valence-electron chi connectivity index (χ1n) is 14.6. The zero-order chi connectivity index (χ0) is 27.4. The maximum Gasteiger partial charge on any atom is 0.172 e. The van der Waals surface area contributed by atoms with Crippen LogP contribution < -0.4 is 4.90 Å². The topological polar surface area (TPSA) is 80.5 Å². The van der Waals surface area contributed by atoms with Crippen molar-refractivity contribution in [3.8, 4) is 11.3 Å². The third-order valence-corrected chi connectivity index (χ3v) is 11.1. The molecule has 2 aliphatic carbocycles. The lowest BCUT2D eigenvalue weighted by Crippen LogP contribution is -2.24. The van der Waals surface area contributed by atoms with Crippen molar-refractivity contribution in [2.75, 3.05) is 31.2 Å². The monoisotopic (exact) mass is 546 g/mol. The third kappa shape index (κ3) is 5.19. The summed E-state index contributed by atoms with van der Waals surface area (Å²) in [7, 11) is -1.19. The van der Waals surface area contributed by atoms with Crippen LogP contribution in [0, 0.1) is 23.2 Å². The number of hydrogen-bond donors (Lipinski definition) is 1. The van der Waals surface area contributed by atoms with Gasteiger partial charge in [-0.25, -0.2) is 9.97 Å².